The van der Waals surface area contributed by atoms with Gasteiger partial charge >= 0.3 is 0 Å². The molecule has 0 radical (unpaired) electrons. The molecule has 0 aliphatic heterocycles. The van der Waals surface area contributed by atoms with Gasteiger partial charge in [-0.15, -0.1) is 0 Å². The Morgan fingerprint density at radius 2 is 2.16 bits per heavy atom. The molecule has 0 saturated heterocycles. The van der Waals surface area contributed by atoms with Crippen LogP contribution in [0.1, 0.15) is 10.4 Å². The number of aromatic nitrogens is 1. The number of anilines is 1. The summed E-state index contributed by atoms with van der Waals surface area (Å²) < 4.78 is 4.89. The predicted octanol–water partition coefficient (Wildman–Crippen LogP) is -0.748. The van der Waals surface area contributed by atoms with Crippen molar-refractivity contribution in [3.8, 4) is 0 Å². The van der Waals surface area contributed by atoms with E-state index in [-0.39, 0.29) is 36.6 Å². The molecule has 0 aliphatic carbocycles. The Bertz CT molecular complexity index is 468. The highest BCUT2D eigenvalue weighted by molar-refractivity contribution is 6.29. The van der Waals surface area contributed by atoms with Gasteiger partial charge < -0.3 is 21.2 Å². The molecule has 8 nitrogen and oxygen atoms in total. The third-order valence-electron chi connectivity index (χ3n) is 1.98. The molecule has 0 spiro atoms. The van der Waals surface area contributed by atoms with Gasteiger partial charge in [0.05, 0.1) is 6.61 Å². The lowest BCUT2D eigenvalue weighted by atomic mass is 10.2. The summed E-state index contributed by atoms with van der Waals surface area (Å²) in [5, 5.41) is 2.72. The molecule has 9 heteroatoms. The maximum atomic E-state index is 11.7. The largest absolute Gasteiger partial charge is 0.370 e. The van der Waals surface area contributed by atoms with E-state index in [1.54, 1.807) is 0 Å². The number of nitrogens with two attached hydrogens (primary N) is 2. The van der Waals surface area contributed by atoms with E-state index in [0.717, 1.165) is 0 Å². The van der Waals surface area contributed by atoms with Gasteiger partial charge in [0.1, 0.15) is 17.6 Å². The number of carbonyl (C=O) groups is 2. The molecule has 0 fully saturated rings. The van der Waals surface area contributed by atoms with Crippen LogP contribution in [-0.4, -0.2) is 36.6 Å². The lowest BCUT2D eigenvalue weighted by Gasteiger charge is -2.07. The summed E-state index contributed by atoms with van der Waals surface area (Å²) >= 11 is 5.73. The van der Waals surface area contributed by atoms with Crippen molar-refractivity contribution in [3.63, 3.8) is 0 Å². The number of halogens is 1. The highest BCUT2D eigenvalue weighted by Crippen LogP contribution is 2.13. The predicted molar refractivity (Wildman–Crippen MR) is 69.4 cm³/mol. The molecule has 1 heterocycles. The number of nitrogen functional groups attached to an aromatic ring is 1. The first kappa shape index (κ1) is 15.2. The van der Waals surface area contributed by atoms with Crippen molar-refractivity contribution >= 4 is 29.2 Å². The number of nitrogens with zero attached hydrogens (tertiary/aromatic N) is 1. The summed E-state index contributed by atoms with van der Waals surface area (Å²) in [5.74, 6) is 4.55. The van der Waals surface area contributed by atoms with Crippen LogP contribution in [0.15, 0.2) is 12.1 Å². The Kier molecular flexibility index (Phi) is 6.00. The molecule has 104 valence electrons. The zero-order chi connectivity index (χ0) is 14.3. The average Bonchev–Trinajstić information content (AvgIpc) is 2.36. The number of hydrogen-bond donors (Lipinski definition) is 4. The molecule has 1 rings (SSSR count). The lowest BCUT2D eigenvalue weighted by molar-refractivity contribution is -0.122. The van der Waals surface area contributed by atoms with E-state index < -0.39 is 5.91 Å². The number of rotatable bonds is 7. The third-order valence-corrected chi connectivity index (χ3v) is 2.17. The van der Waals surface area contributed by atoms with Crippen LogP contribution in [0.4, 0.5) is 5.82 Å². The fourth-order valence-electron chi connectivity index (χ4n) is 1.21. The number of primary amides is 1. The zero-order valence-electron chi connectivity index (χ0n) is 9.98. The van der Waals surface area contributed by atoms with Crippen LogP contribution in [0.25, 0.3) is 0 Å². The number of hydrogen-bond acceptors (Lipinski definition) is 6. The molecule has 0 saturated carbocycles. The van der Waals surface area contributed by atoms with Crippen molar-refractivity contribution in [3.05, 3.63) is 22.8 Å². The second-order valence-corrected chi connectivity index (χ2v) is 3.87. The van der Waals surface area contributed by atoms with Crippen molar-refractivity contribution in [2.75, 3.05) is 25.2 Å². The number of carbonyl (C=O) groups excluding carboxylic acids is 2. The van der Waals surface area contributed by atoms with Gasteiger partial charge in [-0.3, -0.25) is 9.59 Å². The van der Waals surface area contributed by atoms with E-state index in [1.807, 2.05) is 0 Å². The summed E-state index contributed by atoms with van der Waals surface area (Å²) in [7, 11) is 0. The van der Waals surface area contributed by atoms with Crippen LogP contribution >= 0.6 is 11.6 Å². The van der Waals surface area contributed by atoms with Gasteiger partial charge in [0.2, 0.25) is 5.91 Å². The fraction of sp³-hybridized carbons (Fsp3) is 0.300. The fourth-order valence-corrected chi connectivity index (χ4v) is 1.42. The van der Waals surface area contributed by atoms with E-state index in [4.69, 9.17) is 27.9 Å². The molecule has 0 unspecified atom stereocenters. The van der Waals surface area contributed by atoms with E-state index in [9.17, 15) is 9.59 Å². The zero-order valence-corrected chi connectivity index (χ0v) is 10.7. The number of nitrogens with one attached hydrogen (secondary N) is 2. The molecule has 19 heavy (non-hydrogen) atoms. The van der Waals surface area contributed by atoms with Gasteiger partial charge in [0.15, 0.2) is 0 Å². The summed E-state index contributed by atoms with van der Waals surface area (Å²) in [5.41, 5.74) is 7.49. The molecule has 0 aliphatic rings. The van der Waals surface area contributed by atoms with Crippen LogP contribution in [0.5, 0.6) is 0 Å². The van der Waals surface area contributed by atoms with E-state index >= 15 is 0 Å². The molecule has 1 aromatic rings. The van der Waals surface area contributed by atoms with Crippen molar-refractivity contribution in [1.29, 1.82) is 0 Å². The molecule has 0 atom stereocenters. The van der Waals surface area contributed by atoms with Gasteiger partial charge in [-0.25, -0.2) is 10.8 Å². The van der Waals surface area contributed by atoms with E-state index in [0.29, 0.717) is 5.56 Å². The highest BCUT2D eigenvalue weighted by atomic mass is 35.5. The summed E-state index contributed by atoms with van der Waals surface area (Å²) in [6.07, 6.45) is 0. The minimum Gasteiger partial charge on any atom is -0.370 e. The Labute approximate surface area is 114 Å². The first-order chi connectivity index (χ1) is 9.02. The van der Waals surface area contributed by atoms with Crippen molar-refractivity contribution < 1.29 is 14.3 Å². The van der Waals surface area contributed by atoms with Gasteiger partial charge in [-0.1, -0.05) is 11.6 Å². The van der Waals surface area contributed by atoms with Crippen LogP contribution in [0.3, 0.4) is 0 Å². The maximum absolute atomic E-state index is 11.7. The van der Waals surface area contributed by atoms with Crippen LogP contribution in [0.2, 0.25) is 5.15 Å². The molecular formula is C10H14ClN5O3. The number of pyridine rings is 1. The maximum Gasteiger partial charge on any atom is 0.251 e. The summed E-state index contributed by atoms with van der Waals surface area (Å²) in [4.78, 5) is 26.0. The lowest BCUT2D eigenvalue weighted by Crippen LogP contribution is -2.29. The molecular weight excluding hydrogens is 274 g/mol. The van der Waals surface area contributed by atoms with Gasteiger partial charge in [0.25, 0.3) is 5.91 Å². The summed E-state index contributed by atoms with van der Waals surface area (Å²) in [6, 6.07) is 2.85. The second kappa shape index (κ2) is 7.52. The summed E-state index contributed by atoms with van der Waals surface area (Å²) in [6.45, 7) is 0.227. The molecule has 2 amide bonds. The number of ether oxygens (including phenoxy) is 1. The van der Waals surface area contributed by atoms with Crippen molar-refractivity contribution in [1.82, 2.24) is 10.3 Å². The quantitative estimate of drug-likeness (QED) is 0.226. The topological polar surface area (TPSA) is 132 Å². The minimum atomic E-state index is -0.564. The second-order valence-electron chi connectivity index (χ2n) is 3.48. The average molecular weight is 288 g/mol. The normalized spacial score (nSPS) is 10.0. The standard InChI is InChI=1S/C10H14ClN5O3/c11-7-3-6(4-9(15-7)16-13)10(18)14-1-2-19-5-8(12)17/h3-4H,1-2,5,13H2,(H2,12,17)(H,14,18)(H,15,16). The molecule has 6 N–H and O–H groups in total. The SMILES string of the molecule is NNc1cc(C(=O)NCCOCC(N)=O)cc(Cl)n1. The van der Waals surface area contributed by atoms with Gasteiger partial charge in [-0.05, 0) is 12.1 Å². The van der Waals surface area contributed by atoms with Crippen molar-refractivity contribution in [2.45, 2.75) is 0 Å². The Morgan fingerprint density at radius 3 is 2.79 bits per heavy atom. The minimum absolute atomic E-state index is 0.144. The van der Waals surface area contributed by atoms with E-state index in [2.05, 4.69) is 15.7 Å². The van der Waals surface area contributed by atoms with E-state index in [1.165, 1.54) is 12.1 Å². The Hall–Kier alpha value is -1.90. The first-order valence-electron chi connectivity index (χ1n) is 5.31. The smallest absolute Gasteiger partial charge is 0.251 e. The molecule has 0 bridgehead atoms. The van der Waals surface area contributed by atoms with Crippen LogP contribution in [-0.2, 0) is 9.53 Å². The number of amides is 2. The Morgan fingerprint density at radius 1 is 1.42 bits per heavy atom. The highest BCUT2D eigenvalue weighted by Gasteiger charge is 2.08. The third kappa shape index (κ3) is 5.51. The molecule has 0 aromatic carbocycles. The van der Waals surface area contributed by atoms with Gasteiger partial charge in [0, 0.05) is 12.1 Å². The van der Waals surface area contributed by atoms with Crippen LogP contribution in [0, 0.1) is 0 Å². The monoisotopic (exact) mass is 287 g/mol. The van der Waals surface area contributed by atoms with Crippen LogP contribution < -0.4 is 22.3 Å². The van der Waals surface area contributed by atoms with Crippen molar-refractivity contribution in [2.24, 2.45) is 11.6 Å². The van der Waals surface area contributed by atoms with Gasteiger partial charge in [-0.2, -0.15) is 0 Å². The first-order valence-corrected chi connectivity index (χ1v) is 5.69. The Balaban J connectivity index is 2.45. The number of hydrazine groups is 1. The molecule has 1 aromatic heterocycles.